The van der Waals surface area contributed by atoms with Gasteiger partial charge in [-0.05, 0) is 18.6 Å². The van der Waals surface area contributed by atoms with Crippen LogP contribution in [0.1, 0.15) is 15.9 Å². The molecule has 20 heavy (non-hydrogen) atoms. The van der Waals surface area contributed by atoms with Crippen molar-refractivity contribution in [2.75, 3.05) is 11.9 Å². The maximum absolute atomic E-state index is 11.9. The first-order valence-electron chi connectivity index (χ1n) is 6.15. The number of hydrogen-bond acceptors (Lipinski definition) is 4. The fraction of sp³-hybridized carbons (Fsp3) is 0.133. The molecule has 5 nitrogen and oxygen atoms in total. The van der Waals surface area contributed by atoms with Crippen LogP contribution in [0.4, 0.5) is 11.4 Å². The van der Waals surface area contributed by atoms with Crippen molar-refractivity contribution in [3.63, 3.8) is 0 Å². The largest absolute Gasteiger partial charge is 0.372 e. The maximum Gasteiger partial charge on any atom is 0.292 e. The number of anilines is 1. The molecule has 0 aromatic heterocycles. The molecule has 0 aliphatic rings. The predicted octanol–water partition coefficient (Wildman–Crippen LogP) is 3.20. The van der Waals surface area contributed by atoms with Crippen molar-refractivity contribution in [3.05, 3.63) is 69.8 Å². The SMILES string of the molecule is Cc1ccc(NCC(=O)c2ccccc2)c([N+](=O)[O-])c1. The zero-order valence-electron chi connectivity index (χ0n) is 11.0. The number of nitrogens with zero attached hydrogens (tertiary/aromatic N) is 1. The van der Waals surface area contributed by atoms with Crippen LogP contribution in [0.2, 0.25) is 0 Å². The molecule has 0 heterocycles. The average Bonchev–Trinajstić information content (AvgIpc) is 2.46. The van der Waals surface area contributed by atoms with Crippen LogP contribution in [0.3, 0.4) is 0 Å². The van der Waals surface area contributed by atoms with Gasteiger partial charge in [0.25, 0.3) is 5.69 Å². The summed E-state index contributed by atoms with van der Waals surface area (Å²) in [4.78, 5) is 22.4. The van der Waals surface area contributed by atoms with Crippen LogP contribution >= 0.6 is 0 Å². The number of benzene rings is 2. The smallest absolute Gasteiger partial charge is 0.292 e. The number of nitro benzene ring substituents is 1. The first-order chi connectivity index (χ1) is 9.58. The quantitative estimate of drug-likeness (QED) is 0.514. The third-order valence-corrected chi connectivity index (χ3v) is 2.89. The molecule has 0 atom stereocenters. The van der Waals surface area contributed by atoms with Gasteiger partial charge in [-0.3, -0.25) is 14.9 Å². The van der Waals surface area contributed by atoms with Crippen molar-refractivity contribution in [1.82, 2.24) is 0 Å². The van der Waals surface area contributed by atoms with E-state index in [0.29, 0.717) is 11.3 Å². The fourth-order valence-corrected chi connectivity index (χ4v) is 1.84. The normalized spacial score (nSPS) is 10.1. The van der Waals surface area contributed by atoms with E-state index in [2.05, 4.69) is 5.32 Å². The highest BCUT2D eigenvalue weighted by Gasteiger charge is 2.14. The number of carbonyl (C=O) groups is 1. The summed E-state index contributed by atoms with van der Waals surface area (Å²) >= 11 is 0. The first kappa shape index (κ1) is 13.7. The van der Waals surface area contributed by atoms with Crippen LogP contribution in [-0.4, -0.2) is 17.3 Å². The van der Waals surface area contributed by atoms with Gasteiger partial charge in [-0.2, -0.15) is 0 Å². The Labute approximate surface area is 116 Å². The van der Waals surface area contributed by atoms with Gasteiger partial charge in [-0.1, -0.05) is 36.4 Å². The van der Waals surface area contributed by atoms with Gasteiger partial charge in [0.05, 0.1) is 11.5 Å². The van der Waals surface area contributed by atoms with E-state index in [4.69, 9.17) is 0 Å². The van der Waals surface area contributed by atoms with Crippen LogP contribution in [0.15, 0.2) is 48.5 Å². The predicted molar refractivity (Wildman–Crippen MR) is 77.1 cm³/mol. The minimum atomic E-state index is -0.456. The second-order valence-electron chi connectivity index (χ2n) is 4.42. The fourth-order valence-electron chi connectivity index (χ4n) is 1.84. The topological polar surface area (TPSA) is 72.2 Å². The van der Waals surface area contributed by atoms with E-state index in [1.54, 1.807) is 43.3 Å². The minimum absolute atomic E-state index is 0.0217. The summed E-state index contributed by atoms with van der Waals surface area (Å²) in [5, 5.41) is 13.8. The number of rotatable bonds is 5. The standard InChI is InChI=1S/C15H14N2O3/c1-11-7-8-13(14(9-11)17(19)20)16-10-15(18)12-5-3-2-4-6-12/h2-9,16H,10H2,1H3. The third kappa shape index (κ3) is 3.20. The Morgan fingerprint density at radius 2 is 1.90 bits per heavy atom. The number of carbonyl (C=O) groups excluding carboxylic acids is 1. The summed E-state index contributed by atoms with van der Waals surface area (Å²) < 4.78 is 0. The van der Waals surface area contributed by atoms with Crippen molar-refractivity contribution >= 4 is 17.2 Å². The number of aryl methyl sites for hydroxylation is 1. The Bertz CT molecular complexity index is 639. The van der Waals surface area contributed by atoms with Gasteiger partial charge in [0.15, 0.2) is 5.78 Å². The zero-order valence-corrected chi connectivity index (χ0v) is 11.0. The third-order valence-electron chi connectivity index (χ3n) is 2.89. The average molecular weight is 270 g/mol. The molecule has 102 valence electrons. The van der Waals surface area contributed by atoms with Crippen LogP contribution < -0.4 is 5.32 Å². The Balaban J connectivity index is 2.12. The molecule has 0 saturated heterocycles. The van der Waals surface area contributed by atoms with Gasteiger partial charge in [0.1, 0.15) is 5.69 Å². The monoisotopic (exact) mass is 270 g/mol. The van der Waals surface area contributed by atoms with Gasteiger partial charge in [-0.15, -0.1) is 0 Å². The maximum atomic E-state index is 11.9. The molecule has 0 bridgehead atoms. The molecule has 2 aromatic carbocycles. The first-order valence-corrected chi connectivity index (χ1v) is 6.15. The molecule has 0 aliphatic carbocycles. The lowest BCUT2D eigenvalue weighted by Gasteiger charge is -2.07. The van der Waals surface area contributed by atoms with Gasteiger partial charge in [0, 0.05) is 11.6 Å². The second kappa shape index (κ2) is 5.97. The number of Topliss-reactive ketones (excluding diaryl/α,β-unsaturated/α-hetero) is 1. The lowest BCUT2D eigenvalue weighted by Crippen LogP contribution is -2.14. The van der Waals surface area contributed by atoms with Crippen LogP contribution in [0, 0.1) is 17.0 Å². The highest BCUT2D eigenvalue weighted by Crippen LogP contribution is 2.25. The molecule has 0 unspecified atom stereocenters. The number of nitro groups is 1. The second-order valence-corrected chi connectivity index (χ2v) is 4.42. The molecule has 0 spiro atoms. The summed E-state index contributed by atoms with van der Waals surface area (Å²) in [6, 6.07) is 13.7. The number of hydrogen-bond donors (Lipinski definition) is 1. The van der Waals surface area contributed by atoms with E-state index in [1.807, 2.05) is 6.07 Å². The molecule has 0 aliphatic heterocycles. The minimum Gasteiger partial charge on any atom is -0.372 e. The van der Waals surface area contributed by atoms with Crippen molar-refractivity contribution in [3.8, 4) is 0 Å². The molecule has 2 rings (SSSR count). The molecule has 0 amide bonds. The summed E-state index contributed by atoms with van der Waals surface area (Å²) in [6.45, 7) is 1.81. The van der Waals surface area contributed by atoms with Crippen LogP contribution in [-0.2, 0) is 0 Å². The molecule has 0 radical (unpaired) electrons. The van der Waals surface area contributed by atoms with E-state index < -0.39 is 4.92 Å². The van der Waals surface area contributed by atoms with Crippen molar-refractivity contribution < 1.29 is 9.72 Å². The summed E-state index contributed by atoms with van der Waals surface area (Å²) in [6.07, 6.45) is 0. The summed E-state index contributed by atoms with van der Waals surface area (Å²) in [5.41, 5.74) is 1.71. The lowest BCUT2D eigenvalue weighted by molar-refractivity contribution is -0.384. The number of nitrogens with one attached hydrogen (secondary N) is 1. The molecular formula is C15H14N2O3. The van der Waals surface area contributed by atoms with Crippen molar-refractivity contribution in [2.24, 2.45) is 0 Å². The Morgan fingerprint density at radius 1 is 1.20 bits per heavy atom. The summed E-state index contributed by atoms with van der Waals surface area (Å²) in [7, 11) is 0. The van der Waals surface area contributed by atoms with Crippen LogP contribution in [0.25, 0.3) is 0 Å². The highest BCUT2D eigenvalue weighted by atomic mass is 16.6. The highest BCUT2D eigenvalue weighted by molar-refractivity contribution is 5.99. The van der Waals surface area contributed by atoms with E-state index in [0.717, 1.165) is 5.56 Å². The molecule has 2 aromatic rings. The summed E-state index contributed by atoms with van der Waals surface area (Å²) in [5.74, 6) is -0.111. The van der Waals surface area contributed by atoms with E-state index >= 15 is 0 Å². The van der Waals surface area contributed by atoms with E-state index in [9.17, 15) is 14.9 Å². The van der Waals surface area contributed by atoms with Gasteiger partial charge < -0.3 is 5.32 Å². The lowest BCUT2D eigenvalue weighted by atomic mass is 10.1. The molecule has 0 fully saturated rings. The Kier molecular flexibility index (Phi) is 4.10. The van der Waals surface area contributed by atoms with Crippen molar-refractivity contribution in [2.45, 2.75) is 6.92 Å². The van der Waals surface area contributed by atoms with Crippen molar-refractivity contribution in [1.29, 1.82) is 0 Å². The van der Waals surface area contributed by atoms with Crippen LogP contribution in [0.5, 0.6) is 0 Å². The molecule has 5 heteroatoms. The Morgan fingerprint density at radius 3 is 2.55 bits per heavy atom. The van der Waals surface area contributed by atoms with E-state index in [-0.39, 0.29) is 18.0 Å². The number of ketones is 1. The van der Waals surface area contributed by atoms with Gasteiger partial charge in [-0.25, -0.2) is 0 Å². The molecule has 0 saturated carbocycles. The zero-order chi connectivity index (χ0) is 14.5. The van der Waals surface area contributed by atoms with Gasteiger partial charge >= 0.3 is 0 Å². The molecule has 1 N–H and O–H groups in total. The Hall–Kier alpha value is -2.69. The van der Waals surface area contributed by atoms with E-state index in [1.165, 1.54) is 6.07 Å². The molecular weight excluding hydrogens is 256 g/mol. The van der Waals surface area contributed by atoms with Gasteiger partial charge in [0.2, 0.25) is 0 Å².